The van der Waals surface area contributed by atoms with Gasteiger partial charge in [0, 0.05) is 25.7 Å². The molecule has 0 unspecified atom stereocenters. The van der Waals surface area contributed by atoms with Gasteiger partial charge >= 0.3 is 0 Å². The highest BCUT2D eigenvalue weighted by atomic mass is 16.1. The highest BCUT2D eigenvalue weighted by Crippen LogP contribution is 2.60. The first-order valence-electron chi connectivity index (χ1n) is 6.96. The average molecular weight is 233 g/mol. The molecule has 0 aliphatic heterocycles. The molecule has 0 aromatic rings. The third-order valence-electron chi connectivity index (χ3n) is 5.08. The van der Waals surface area contributed by atoms with Gasteiger partial charge in [0.25, 0.3) is 0 Å². The number of carbonyl (C=O) groups is 1. The minimum atomic E-state index is 0.0429. The van der Waals surface area contributed by atoms with Gasteiger partial charge in [0.1, 0.15) is 0 Å². The zero-order valence-corrected chi connectivity index (χ0v) is 11.0. The van der Waals surface area contributed by atoms with E-state index in [4.69, 9.17) is 0 Å². The van der Waals surface area contributed by atoms with Gasteiger partial charge < -0.3 is 4.90 Å². The van der Waals surface area contributed by atoms with Gasteiger partial charge in [-0.25, -0.2) is 0 Å². The zero-order chi connectivity index (χ0) is 12.0. The Morgan fingerprint density at radius 3 is 1.94 bits per heavy atom. The predicted molar refractivity (Wildman–Crippen MR) is 68.4 cm³/mol. The lowest BCUT2D eigenvalue weighted by Crippen LogP contribution is -2.49. The minimum absolute atomic E-state index is 0.0429. The van der Waals surface area contributed by atoms with E-state index >= 15 is 0 Å². The fraction of sp³-hybridized carbons (Fsp3) is 0.800. The number of rotatable bonds is 3. The molecule has 0 atom stereocenters. The lowest BCUT2D eigenvalue weighted by atomic mass is 9.48. The first-order valence-corrected chi connectivity index (χ1v) is 6.96. The highest BCUT2D eigenvalue weighted by Gasteiger charge is 2.53. The molecule has 0 saturated heterocycles. The summed E-state index contributed by atoms with van der Waals surface area (Å²) in [5.74, 6) is 2.99. The standard InChI is InChI=1S/C15H23NO/c1-16(2)4-3-14(17)15-8-11-5-12(9-15)7-13(6-11)10-15/h3-4,11-13H,5-10H2,1-2H3/b4-3-. The largest absolute Gasteiger partial charge is 0.383 e. The summed E-state index contributed by atoms with van der Waals surface area (Å²) in [6.45, 7) is 0. The maximum atomic E-state index is 12.5. The van der Waals surface area contributed by atoms with Crippen LogP contribution in [-0.4, -0.2) is 24.8 Å². The Hall–Kier alpha value is -0.790. The van der Waals surface area contributed by atoms with E-state index in [2.05, 4.69) is 0 Å². The van der Waals surface area contributed by atoms with Gasteiger partial charge in [-0.15, -0.1) is 0 Å². The summed E-state index contributed by atoms with van der Waals surface area (Å²) < 4.78 is 0. The Balaban J connectivity index is 1.80. The monoisotopic (exact) mass is 233 g/mol. The predicted octanol–water partition coefficient (Wildman–Crippen LogP) is 2.85. The molecule has 0 N–H and O–H groups in total. The second-order valence-electron chi connectivity index (χ2n) is 6.84. The van der Waals surface area contributed by atoms with Crippen LogP contribution in [0.5, 0.6) is 0 Å². The van der Waals surface area contributed by atoms with E-state index in [1.165, 1.54) is 38.5 Å². The van der Waals surface area contributed by atoms with Gasteiger partial charge in [-0.3, -0.25) is 4.79 Å². The van der Waals surface area contributed by atoms with Crippen LogP contribution < -0.4 is 0 Å². The first-order chi connectivity index (χ1) is 8.07. The Morgan fingerprint density at radius 2 is 1.53 bits per heavy atom. The van der Waals surface area contributed by atoms with Crippen LogP contribution >= 0.6 is 0 Å². The number of ketones is 1. The normalized spacial score (nSPS) is 43.3. The van der Waals surface area contributed by atoms with Crippen LogP contribution in [0.3, 0.4) is 0 Å². The van der Waals surface area contributed by atoms with Crippen molar-refractivity contribution < 1.29 is 4.79 Å². The van der Waals surface area contributed by atoms with E-state index in [0.29, 0.717) is 5.78 Å². The van der Waals surface area contributed by atoms with E-state index < -0.39 is 0 Å². The van der Waals surface area contributed by atoms with Gasteiger partial charge in [-0.05, 0) is 62.4 Å². The molecule has 0 amide bonds. The maximum Gasteiger partial charge on any atom is 0.163 e. The topological polar surface area (TPSA) is 20.3 Å². The highest BCUT2D eigenvalue weighted by molar-refractivity contribution is 5.95. The van der Waals surface area contributed by atoms with E-state index in [-0.39, 0.29) is 5.41 Å². The first kappa shape index (κ1) is 11.3. The second-order valence-corrected chi connectivity index (χ2v) is 6.84. The Kier molecular flexibility index (Phi) is 2.57. The van der Waals surface area contributed by atoms with Gasteiger partial charge in [0.2, 0.25) is 0 Å². The quantitative estimate of drug-likeness (QED) is 0.699. The van der Waals surface area contributed by atoms with Crippen molar-refractivity contribution in [3.05, 3.63) is 12.3 Å². The van der Waals surface area contributed by atoms with Crippen LogP contribution in [0.4, 0.5) is 0 Å². The van der Waals surface area contributed by atoms with Crippen molar-refractivity contribution in [1.82, 2.24) is 4.90 Å². The molecule has 2 nitrogen and oxygen atoms in total. The van der Waals surface area contributed by atoms with E-state index in [1.807, 2.05) is 31.3 Å². The van der Waals surface area contributed by atoms with Gasteiger partial charge in [-0.1, -0.05) is 0 Å². The third kappa shape index (κ3) is 1.92. The van der Waals surface area contributed by atoms with Crippen molar-refractivity contribution >= 4 is 5.78 Å². The molecule has 4 aliphatic carbocycles. The van der Waals surface area contributed by atoms with Crippen LogP contribution in [-0.2, 0) is 4.79 Å². The van der Waals surface area contributed by atoms with Crippen molar-refractivity contribution in [2.45, 2.75) is 38.5 Å². The van der Waals surface area contributed by atoms with E-state index in [1.54, 1.807) is 0 Å². The molecule has 2 heteroatoms. The lowest BCUT2D eigenvalue weighted by molar-refractivity contribution is -0.138. The molecule has 0 aromatic heterocycles. The summed E-state index contributed by atoms with van der Waals surface area (Å²) in [5, 5.41) is 0. The third-order valence-corrected chi connectivity index (χ3v) is 5.08. The number of nitrogens with zero attached hydrogens (tertiary/aromatic N) is 1. The molecule has 4 aliphatic rings. The Morgan fingerprint density at radius 1 is 1.06 bits per heavy atom. The summed E-state index contributed by atoms with van der Waals surface area (Å²) in [7, 11) is 3.95. The summed E-state index contributed by atoms with van der Waals surface area (Å²) in [4.78, 5) is 14.4. The average Bonchev–Trinajstić information content (AvgIpc) is 2.23. The molecule has 4 bridgehead atoms. The number of hydrogen-bond acceptors (Lipinski definition) is 2. The number of allylic oxidation sites excluding steroid dienone is 1. The van der Waals surface area contributed by atoms with Crippen LogP contribution in [0.1, 0.15) is 38.5 Å². The lowest BCUT2D eigenvalue weighted by Gasteiger charge is -2.55. The molecule has 0 heterocycles. The van der Waals surface area contributed by atoms with Crippen LogP contribution in [0, 0.1) is 23.2 Å². The van der Waals surface area contributed by atoms with Crippen LogP contribution in [0.25, 0.3) is 0 Å². The van der Waals surface area contributed by atoms with Crippen molar-refractivity contribution in [3.8, 4) is 0 Å². The Labute approximate surface area is 104 Å². The Bertz CT molecular complexity index is 321. The fourth-order valence-electron chi connectivity index (χ4n) is 4.81. The second kappa shape index (κ2) is 3.86. The molecule has 17 heavy (non-hydrogen) atoms. The summed E-state index contributed by atoms with van der Waals surface area (Å²) >= 11 is 0. The SMILES string of the molecule is CN(C)/C=C\C(=O)C12CC3CC(CC(C3)C1)C2. The fourth-order valence-corrected chi connectivity index (χ4v) is 4.81. The summed E-state index contributed by atoms with van der Waals surface area (Å²) in [5.41, 5.74) is 0.0429. The van der Waals surface area contributed by atoms with E-state index in [0.717, 1.165) is 17.8 Å². The van der Waals surface area contributed by atoms with Gasteiger partial charge in [0.15, 0.2) is 5.78 Å². The van der Waals surface area contributed by atoms with Crippen LogP contribution in [0.15, 0.2) is 12.3 Å². The van der Waals surface area contributed by atoms with Crippen LogP contribution in [0.2, 0.25) is 0 Å². The molecular formula is C15H23NO. The maximum absolute atomic E-state index is 12.5. The van der Waals surface area contributed by atoms with Crippen molar-refractivity contribution in [2.75, 3.05) is 14.1 Å². The summed E-state index contributed by atoms with van der Waals surface area (Å²) in [6, 6.07) is 0. The molecule has 94 valence electrons. The number of hydrogen-bond donors (Lipinski definition) is 0. The molecule has 4 saturated carbocycles. The molecular weight excluding hydrogens is 210 g/mol. The molecule has 0 aromatic carbocycles. The van der Waals surface area contributed by atoms with Crippen molar-refractivity contribution in [3.63, 3.8) is 0 Å². The molecule has 4 rings (SSSR count). The summed E-state index contributed by atoms with van der Waals surface area (Å²) in [6.07, 6.45) is 11.5. The van der Waals surface area contributed by atoms with Crippen molar-refractivity contribution in [1.29, 1.82) is 0 Å². The number of carbonyl (C=O) groups excluding carboxylic acids is 1. The molecule has 4 fully saturated rings. The zero-order valence-electron chi connectivity index (χ0n) is 11.0. The van der Waals surface area contributed by atoms with Gasteiger partial charge in [0.05, 0.1) is 0 Å². The van der Waals surface area contributed by atoms with Gasteiger partial charge in [-0.2, -0.15) is 0 Å². The molecule has 0 spiro atoms. The smallest absolute Gasteiger partial charge is 0.163 e. The molecule has 0 radical (unpaired) electrons. The minimum Gasteiger partial charge on any atom is -0.383 e. The van der Waals surface area contributed by atoms with Crippen molar-refractivity contribution in [2.24, 2.45) is 23.2 Å². The van der Waals surface area contributed by atoms with E-state index in [9.17, 15) is 4.79 Å².